The van der Waals surface area contributed by atoms with Gasteiger partial charge in [0, 0.05) is 5.92 Å². The second-order valence-electron chi connectivity index (χ2n) is 5.01. The van der Waals surface area contributed by atoms with Crippen molar-refractivity contribution in [1.29, 1.82) is 0 Å². The van der Waals surface area contributed by atoms with Crippen molar-refractivity contribution >= 4 is 0 Å². The topological polar surface area (TPSA) is 33.4 Å². The molecule has 3 rings (SSSR count). The lowest BCUT2D eigenvalue weighted by Crippen LogP contribution is -1.97. The van der Waals surface area contributed by atoms with E-state index in [0.717, 1.165) is 12.2 Å². The van der Waals surface area contributed by atoms with E-state index in [2.05, 4.69) is 6.92 Å². The molecule has 0 spiro atoms. The number of halogens is 1. The Labute approximate surface area is 105 Å². The molecule has 0 bridgehead atoms. The smallest absolute Gasteiger partial charge is 0.137 e. The number of furan rings is 1. The van der Waals surface area contributed by atoms with Crippen LogP contribution in [0.5, 0.6) is 0 Å². The van der Waals surface area contributed by atoms with Crippen LogP contribution in [0, 0.1) is 11.7 Å². The lowest BCUT2D eigenvalue weighted by Gasteiger charge is -2.07. The van der Waals surface area contributed by atoms with Gasteiger partial charge < -0.3 is 9.52 Å². The maximum atomic E-state index is 12.8. The van der Waals surface area contributed by atoms with Crippen molar-refractivity contribution < 1.29 is 13.9 Å². The zero-order chi connectivity index (χ0) is 12.7. The van der Waals surface area contributed by atoms with Gasteiger partial charge in [-0.3, -0.25) is 0 Å². The van der Waals surface area contributed by atoms with E-state index in [1.54, 1.807) is 18.2 Å². The van der Waals surface area contributed by atoms with Crippen molar-refractivity contribution in [3.05, 3.63) is 59.3 Å². The fourth-order valence-corrected chi connectivity index (χ4v) is 2.24. The van der Waals surface area contributed by atoms with Crippen LogP contribution in [0.3, 0.4) is 0 Å². The average molecular weight is 246 g/mol. The second-order valence-corrected chi connectivity index (χ2v) is 5.01. The summed E-state index contributed by atoms with van der Waals surface area (Å²) in [5, 5.41) is 10.1. The van der Waals surface area contributed by atoms with Crippen LogP contribution in [-0.2, 0) is 0 Å². The summed E-state index contributed by atoms with van der Waals surface area (Å²) in [6.07, 6.45) is 0.327. The highest BCUT2D eigenvalue weighted by Gasteiger charge is 2.36. The third kappa shape index (κ3) is 2.06. The van der Waals surface area contributed by atoms with Gasteiger partial charge in [0.25, 0.3) is 0 Å². The number of benzene rings is 1. The molecule has 3 unspecified atom stereocenters. The van der Waals surface area contributed by atoms with Gasteiger partial charge in [-0.05, 0) is 42.2 Å². The average Bonchev–Trinajstić information content (AvgIpc) is 2.92. The van der Waals surface area contributed by atoms with Crippen molar-refractivity contribution in [1.82, 2.24) is 0 Å². The summed E-state index contributed by atoms with van der Waals surface area (Å²) in [6, 6.07) is 9.55. The zero-order valence-electron chi connectivity index (χ0n) is 10.1. The van der Waals surface area contributed by atoms with Crippen LogP contribution in [0.2, 0.25) is 0 Å². The lowest BCUT2D eigenvalue weighted by atomic mass is 10.1. The molecule has 0 saturated heterocycles. The fraction of sp³-hybridized carbons (Fsp3) is 0.333. The molecular formula is C15H15FO2. The van der Waals surface area contributed by atoms with Gasteiger partial charge in [-0.2, -0.15) is 0 Å². The van der Waals surface area contributed by atoms with Gasteiger partial charge in [0.2, 0.25) is 0 Å². The van der Waals surface area contributed by atoms with E-state index in [4.69, 9.17) is 4.42 Å². The number of aliphatic hydroxyl groups excluding tert-OH is 1. The quantitative estimate of drug-likeness (QED) is 0.897. The zero-order valence-corrected chi connectivity index (χ0v) is 10.1. The van der Waals surface area contributed by atoms with Gasteiger partial charge >= 0.3 is 0 Å². The van der Waals surface area contributed by atoms with Gasteiger partial charge in [-0.15, -0.1) is 0 Å². The fourth-order valence-electron chi connectivity index (χ4n) is 2.24. The van der Waals surface area contributed by atoms with Crippen LogP contribution >= 0.6 is 0 Å². The molecule has 3 atom stereocenters. The summed E-state index contributed by atoms with van der Waals surface area (Å²) in [7, 11) is 0. The van der Waals surface area contributed by atoms with E-state index in [0.29, 0.717) is 23.2 Å². The molecule has 1 aromatic carbocycles. The van der Waals surface area contributed by atoms with E-state index in [-0.39, 0.29) is 5.82 Å². The normalized spacial score (nSPS) is 23.9. The maximum absolute atomic E-state index is 12.8. The minimum Gasteiger partial charge on any atom is -0.463 e. The van der Waals surface area contributed by atoms with Gasteiger partial charge in [0.05, 0.1) is 0 Å². The molecule has 94 valence electrons. The molecule has 0 aliphatic heterocycles. The highest BCUT2D eigenvalue weighted by atomic mass is 19.1. The molecule has 2 aromatic rings. The van der Waals surface area contributed by atoms with Crippen LogP contribution in [-0.4, -0.2) is 5.11 Å². The van der Waals surface area contributed by atoms with Gasteiger partial charge in [0.15, 0.2) is 0 Å². The SMILES string of the molecule is CC1CC1c1ccc(C(O)c2ccc(F)cc2)o1. The van der Waals surface area contributed by atoms with Crippen molar-refractivity contribution in [3.63, 3.8) is 0 Å². The first-order valence-electron chi connectivity index (χ1n) is 6.18. The Hall–Kier alpha value is -1.61. The van der Waals surface area contributed by atoms with Gasteiger partial charge in [-0.25, -0.2) is 4.39 Å². The lowest BCUT2D eigenvalue weighted by molar-refractivity contribution is 0.186. The number of hydrogen-bond acceptors (Lipinski definition) is 2. The van der Waals surface area contributed by atoms with E-state index < -0.39 is 6.10 Å². The Balaban J connectivity index is 1.81. The molecule has 0 amide bonds. The first kappa shape index (κ1) is 11.5. The second kappa shape index (κ2) is 4.25. The standard InChI is InChI=1S/C15H15FO2/c1-9-8-12(9)13-6-7-14(18-13)15(17)10-2-4-11(16)5-3-10/h2-7,9,12,15,17H,8H2,1H3. The maximum Gasteiger partial charge on any atom is 0.137 e. The Morgan fingerprint density at radius 1 is 1.22 bits per heavy atom. The molecular weight excluding hydrogens is 231 g/mol. The summed E-state index contributed by atoms with van der Waals surface area (Å²) >= 11 is 0. The summed E-state index contributed by atoms with van der Waals surface area (Å²) in [5.41, 5.74) is 0.640. The Morgan fingerprint density at radius 2 is 1.89 bits per heavy atom. The highest BCUT2D eigenvalue weighted by molar-refractivity contribution is 5.27. The number of hydrogen-bond donors (Lipinski definition) is 1. The molecule has 1 aliphatic rings. The first-order valence-corrected chi connectivity index (χ1v) is 6.18. The largest absolute Gasteiger partial charge is 0.463 e. The van der Waals surface area contributed by atoms with Gasteiger partial charge in [-0.1, -0.05) is 19.1 Å². The third-order valence-corrected chi connectivity index (χ3v) is 3.58. The molecule has 1 saturated carbocycles. The molecule has 3 heteroatoms. The minimum atomic E-state index is -0.826. The third-order valence-electron chi connectivity index (χ3n) is 3.58. The predicted octanol–water partition coefficient (Wildman–Crippen LogP) is 3.62. The summed E-state index contributed by atoms with van der Waals surface area (Å²) in [6.45, 7) is 2.18. The number of aliphatic hydroxyl groups is 1. The molecule has 0 radical (unpaired) electrons. The van der Waals surface area contributed by atoms with E-state index in [1.165, 1.54) is 12.1 Å². The molecule has 18 heavy (non-hydrogen) atoms. The van der Waals surface area contributed by atoms with Crippen LogP contribution in [0.4, 0.5) is 4.39 Å². The Bertz CT molecular complexity index is 544. The highest BCUT2D eigenvalue weighted by Crippen LogP contribution is 2.47. The van der Waals surface area contributed by atoms with Crippen LogP contribution in [0.25, 0.3) is 0 Å². The van der Waals surface area contributed by atoms with Crippen molar-refractivity contribution in [3.8, 4) is 0 Å². The molecule has 1 fully saturated rings. The summed E-state index contributed by atoms with van der Waals surface area (Å²) in [4.78, 5) is 0. The van der Waals surface area contributed by atoms with Crippen molar-refractivity contribution in [2.75, 3.05) is 0 Å². The van der Waals surface area contributed by atoms with Crippen LogP contribution in [0.1, 0.15) is 42.5 Å². The van der Waals surface area contributed by atoms with E-state index in [1.807, 2.05) is 6.07 Å². The van der Waals surface area contributed by atoms with E-state index in [9.17, 15) is 9.50 Å². The monoisotopic (exact) mass is 246 g/mol. The van der Waals surface area contributed by atoms with Crippen molar-refractivity contribution in [2.24, 2.45) is 5.92 Å². The molecule has 1 heterocycles. The predicted molar refractivity (Wildman–Crippen MR) is 65.7 cm³/mol. The molecule has 2 nitrogen and oxygen atoms in total. The molecule has 1 aliphatic carbocycles. The Kier molecular flexibility index (Phi) is 2.71. The van der Waals surface area contributed by atoms with Gasteiger partial charge in [0.1, 0.15) is 23.4 Å². The van der Waals surface area contributed by atoms with Crippen molar-refractivity contribution in [2.45, 2.75) is 25.4 Å². The Morgan fingerprint density at radius 3 is 2.50 bits per heavy atom. The molecule has 1 aromatic heterocycles. The van der Waals surface area contributed by atoms with Crippen LogP contribution in [0.15, 0.2) is 40.8 Å². The number of rotatable bonds is 3. The summed E-state index contributed by atoms with van der Waals surface area (Å²) < 4.78 is 18.5. The first-order chi connectivity index (χ1) is 8.65. The summed E-state index contributed by atoms with van der Waals surface area (Å²) in [5.74, 6) is 2.33. The molecule has 1 N–H and O–H groups in total. The van der Waals surface area contributed by atoms with Crippen LogP contribution < -0.4 is 0 Å². The minimum absolute atomic E-state index is 0.308. The van der Waals surface area contributed by atoms with E-state index >= 15 is 0 Å².